The van der Waals surface area contributed by atoms with E-state index in [9.17, 15) is 14.4 Å². The molecule has 0 saturated carbocycles. The van der Waals surface area contributed by atoms with Crippen LogP contribution in [0.15, 0.2) is 24.3 Å². The number of carbonyl (C=O) groups excluding carboxylic acids is 3. The zero-order chi connectivity index (χ0) is 20.1. The van der Waals surface area contributed by atoms with Gasteiger partial charge in [0.05, 0.1) is 24.3 Å². The number of aromatic nitrogens is 1. The fraction of sp³-hybridized carbons (Fsp3) is 0.263. The van der Waals surface area contributed by atoms with Crippen LogP contribution < -0.4 is 5.32 Å². The number of nitrogens with zero attached hydrogens (tertiary/aromatic N) is 1. The average molecular weight is 369 g/mol. The van der Waals surface area contributed by atoms with Gasteiger partial charge in [0.2, 0.25) is 0 Å². The maximum atomic E-state index is 12.4. The minimum absolute atomic E-state index is 0.0888. The van der Waals surface area contributed by atoms with E-state index < -0.39 is 23.9 Å². The van der Waals surface area contributed by atoms with Crippen molar-refractivity contribution in [2.24, 2.45) is 0 Å². The SMILES string of the molecule is COC(=O)c1c(C)[nH]c(C(=O)OC(C)C(=O)Nc2ccc(C#N)cc2)c1C. The van der Waals surface area contributed by atoms with Gasteiger partial charge >= 0.3 is 11.9 Å². The van der Waals surface area contributed by atoms with Crippen LogP contribution in [-0.4, -0.2) is 36.0 Å². The van der Waals surface area contributed by atoms with E-state index in [4.69, 9.17) is 14.7 Å². The lowest BCUT2D eigenvalue weighted by Crippen LogP contribution is -2.30. The molecular formula is C19H19N3O5. The number of hydrogen-bond donors (Lipinski definition) is 2. The standard InChI is InChI=1S/C19H19N3O5/c1-10-15(18(24)26-4)11(2)21-16(10)19(25)27-12(3)17(23)22-14-7-5-13(9-20)6-8-14/h5-8,12,21H,1-4H3,(H,22,23). The molecule has 0 aliphatic carbocycles. The number of nitriles is 1. The quantitative estimate of drug-likeness (QED) is 0.781. The Hall–Kier alpha value is -3.60. The number of aromatic amines is 1. The van der Waals surface area contributed by atoms with Crippen molar-refractivity contribution in [1.29, 1.82) is 5.26 Å². The molecule has 0 bridgehead atoms. The van der Waals surface area contributed by atoms with Crippen LogP contribution in [0.4, 0.5) is 5.69 Å². The highest BCUT2D eigenvalue weighted by atomic mass is 16.5. The van der Waals surface area contributed by atoms with E-state index >= 15 is 0 Å². The van der Waals surface area contributed by atoms with Crippen LogP contribution in [0.5, 0.6) is 0 Å². The lowest BCUT2D eigenvalue weighted by atomic mass is 10.1. The summed E-state index contributed by atoms with van der Waals surface area (Å²) in [5, 5.41) is 11.4. The molecule has 2 N–H and O–H groups in total. The summed E-state index contributed by atoms with van der Waals surface area (Å²) in [5.74, 6) is -1.85. The molecule has 1 unspecified atom stereocenters. The molecule has 1 aromatic carbocycles. The first-order valence-electron chi connectivity index (χ1n) is 8.08. The minimum atomic E-state index is -1.07. The van der Waals surface area contributed by atoms with Crippen molar-refractivity contribution in [2.45, 2.75) is 26.9 Å². The van der Waals surface area contributed by atoms with E-state index in [0.29, 0.717) is 22.5 Å². The Morgan fingerprint density at radius 2 is 1.78 bits per heavy atom. The lowest BCUT2D eigenvalue weighted by molar-refractivity contribution is -0.123. The normalized spacial score (nSPS) is 11.2. The fourth-order valence-corrected chi connectivity index (χ4v) is 2.51. The van der Waals surface area contributed by atoms with Gasteiger partial charge in [-0.25, -0.2) is 9.59 Å². The predicted octanol–water partition coefficient (Wildman–Crippen LogP) is 2.47. The summed E-state index contributed by atoms with van der Waals surface area (Å²) in [6.07, 6.45) is -1.07. The fourth-order valence-electron chi connectivity index (χ4n) is 2.51. The molecule has 2 rings (SSSR count). The Morgan fingerprint density at radius 3 is 2.33 bits per heavy atom. The number of rotatable bonds is 5. The summed E-state index contributed by atoms with van der Waals surface area (Å²) < 4.78 is 9.89. The van der Waals surface area contributed by atoms with Crippen molar-refractivity contribution in [2.75, 3.05) is 12.4 Å². The largest absolute Gasteiger partial charge is 0.465 e. The molecule has 1 aromatic heterocycles. The van der Waals surface area contributed by atoms with Gasteiger partial charge in [-0.3, -0.25) is 4.79 Å². The first kappa shape index (κ1) is 19.7. The summed E-state index contributed by atoms with van der Waals surface area (Å²) in [6.45, 7) is 4.66. The number of hydrogen-bond acceptors (Lipinski definition) is 6. The highest BCUT2D eigenvalue weighted by Crippen LogP contribution is 2.20. The van der Waals surface area contributed by atoms with Gasteiger partial charge in [-0.2, -0.15) is 5.26 Å². The predicted molar refractivity (Wildman–Crippen MR) is 96.3 cm³/mol. The molecular weight excluding hydrogens is 350 g/mol. The summed E-state index contributed by atoms with van der Waals surface area (Å²) >= 11 is 0. The molecule has 0 spiro atoms. The Labute approximate surface area is 156 Å². The second kappa shape index (κ2) is 8.19. The highest BCUT2D eigenvalue weighted by molar-refractivity contribution is 6.00. The van der Waals surface area contributed by atoms with Gasteiger partial charge < -0.3 is 19.8 Å². The lowest BCUT2D eigenvalue weighted by Gasteiger charge is -2.13. The van der Waals surface area contributed by atoms with Crippen molar-refractivity contribution < 1.29 is 23.9 Å². The number of nitrogens with one attached hydrogen (secondary N) is 2. The third-order valence-electron chi connectivity index (χ3n) is 3.97. The third-order valence-corrected chi connectivity index (χ3v) is 3.97. The van der Waals surface area contributed by atoms with Crippen LogP contribution in [0.1, 0.15) is 44.6 Å². The van der Waals surface area contributed by atoms with Crippen LogP contribution >= 0.6 is 0 Å². The van der Waals surface area contributed by atoms with E-state index in [1.54, 1.807) is 38.1 Å². The van der Waals surface area contributed by atoms with Crippen molar-refractivity contribution in [3.63, 3.8) is 0 Å². The molecule has 0 aliphatic rings. The number of aryl methyl sites for hydroxylation is 1. The van der Waals surface area contributed by atoms with Crippen molar-refractivity contribution in [3.8, 4) is 6.07 Å². The average Bonchev–Trinajstić information content (AvgIpc) is 2.96. The van der Waals surface area contributed by atoms with Crippen molar-refractivity contribution in [1.82, 2.24) is 4.98 Å². The van der Waals surface area contributed by atoms with Gasteiger partial charge in [-0.05, 0) is 50.6 Å². The van der Waals surface area contributed by atoms with E-state index in [2.05, 4.69) is 10.3 Å². The van der Waals surface area contributed by atoms with E-state index in [1.807, 2.05) is 6.07 Å². The van der Waals surface area contributed by atoms with Crippen LogP contribution in [0.25, 0.3) is 0 Å². The van der Waals surface area contributed by atoms with Crippen LogP contribution in [0, 0.1) is 25.2 Å². The molecule has 27 heavy (non-hydrogen) atoms. The second-order valence-corrected chi connectivity index (χ2v) is 5.84. The summed E-state index contributed by atoms with van der Waals surface area (Å²) in [7, 11) is 1.25. The van der Waals surface area contributed by atoms with Gasteiger partial charge in [-0.1, -0.05) is 0 Å². The summed E-state index contributed by atoms with van der Waals surface area (Å²) in [4.78, 5) is 39.2. The van der Waals surface area contributed by atoms with Gasteiger partial charge in [0.25, 0.3) is 5.91 Å². The smallest absolute Gasteiger partial charge is 0.355 e. The van der Waals surface area contributed by atoms with Gasteiger partial charge in [0.15, 0.2) is 6.10 Å². The molecule has 1 atom stereocenters. The first-order valence-corrected chi connectivity index (χ1v) is 8.08. The van der Waals surface area contributed by atoms with E-state index in [-0.39, 0.29) is 11.3 Å². The van der Waals surface area contributed by atoms with Crippen LogP contribution in [0.2, 0.25) is 0 Å². The number of esters is 2. The molecule has 0 radical (unpaired) electrons. The Balaban J connectivity index is 2.07. The minimum Gasteiger partial charge on any atom is -0.465 e. The number of amides is 1. The molecule has 8 heteroatoms. The number of H-pyrrole nitrogens is 1. The topological polar surface area (TPSA) is 121 Å². The molecule has 8 nitrogen and oxygen atoms in total. The van der Waals surface area contributed by atoms with Gasteiger partial charge in [0.1, 0.15) is 5.69 Å². The summed E-state index contributed by atoms with van der Waals surface area (Å²) in [6, 6.07) is 8.25. The van der Waals surface area contributed by atoms with E-state index in [0.717, 1.165) is 0 Å². The maximum absolute atomic E-state index is 12.4. The number of carbonyl (C=O) groups is 3. The highest BCUT2D eigenvalue weighted by Gasteiger charge is 2.26. The molecule has 0 fully saturated rings. The molecule has 2 aromatic rings. The second-order valence-electron chi connectivity index (χ2n) is 5.84. The number of methoxy groups -OCH3 is 1. The Bertz CT molecular complexity index is 922. The van der Waals surface area contributed by atoms with Crippen molar-refractivity contribution in [3.05, 3.63) is 52.3 Å². The van der Waals surface area contributed by atoms with Crippen molar-refractivity contribution >= 4 is 23.5 Å². The zero-order valence-electron chi connectivity index (χ0n) is 15.4. The molecule has 0 saturated heterocycles. The Kier molecular flexibility index (Phi) is 5.98. The van der Waals surface area contributed by atoms with E-state index in [1.165, 1.54) is 14.0 Å². The zero-order valence-corrected chi connectivity index (χ0v) is 15.4. The van der Waals surface area contributed by atoms with Gasteiger partial charge in [-0.15, -0.1) is 0 Å². The molecule has 1 heterocycles. The maximum Gasteiger partial charge on any atom is 0.355 e. The molecule has 0 aliphatic heterocycles. The summed E-state index contributed by atoms with van der Waals surface area (Å²) in [5.41, 5.74) is 2.16. The first-order chi connectivity index (χ1) is 12.8. The van der Waals surface area contributed by atoms with Gasteiger partial charge in [0, 0.05) is 11.4 Å². The number of benzene rings is 1. The number of ether oxygens (including phenoxy) is 2. The van der Waals surface area contributed by atoms with Crippen LogP contribution in [0.3, 0.4) is 0 Å². The molecule has 1 amide bonds. The molecule has 140 valence electrons. The monoisotopic (exact) mass is 369 g/mol. The third kappa shape index (κ3) is 4.33. The van der Waals surface area contributed by atoms with Crippen LogP contribution in [-0.2, 0) is 14.3 Å². The Morgan fingerprint density at radius 1 is 1.15 bits per heavy atom. The number of anilines is 1.